The number of carbonyl (C=O) groups excluding carboxylic acids is 2. The summed E-state index contributed by atoms with van der Waals surface area (Å²) in [5, 5.41) is 6.08. The van der Waals surface area contributed by atoms with Gasteiger partial charge in [-0.3, -0.25) is 9.69 Å². The van der Waals surface area contributed by atoms with E-state index in [1.54, 1.807) is 43.5 Å². The van der Waals surface area contributed by atoms with Gasteiger partial charge in [0.25, 0.3) is 5.91 Å². The molecule has 0 radical (unpaired) electrons. The molecule has 1 aliphatic heterocycles. The standard InChI is InChI=1S/C21H26N4O4/c1-2-29-21(27)16-3-5-17(6-4-16)24-20(26)19-8-7-18(15-23-19)22-9-10-25-11-13-28-14-12-25/h3-8,15,22H,2,9-14H2,1H3,(H,24,26). The van der Waals surface area contributed by atoms with E-state index in [1.807, 2.05) is 6.07 Å². The molecule has 2 N–H and O–H groups in total. The molecule has 0 bridgehead atoms. The summed E-state index contributed by atoms with van der Waals surface area (Å²) in [5.41, 5.74) is 2.21. The van der Waals surface area contributed by atoms with E-state index in [-0.39, 0.29) is 11.9 Å². The van der Waals surface area contributed by atoms with Gasteiger partial charge in [0.1, 0.15) is 5.69 Å². The SMILES string of the molecule is CCOC(=O)c1ccc(NC(=O)c2ccc(NCCN3CCOCC3)cn2)cc1. The Hall–Kier alpha value is -2.97. The predicted octanol–water partition coefficient (Wildman–Crippen LogP) is 2.25. The normalized spacial score (nSPS) is 14.2. The van der Waals surface area contributed by atoms with E-state index in [4.69, 9.17) is 9.47 Å². The number of anilines is 2. The molecule has 0 spiro atoms. The zero-order chi connectivity index (χ0) is 20.5. The predicted molar refractivity (Wildman–Crippen MR) is 110 cm³/mol. The van der Waals surface area contributed by atoms with Gasteiger partial charge in [0.15, 0.2) is 0 Å². The van der Waals surface area contributed by atoms with Gasteiger partial charge in [-0.25, -0.2) is 9.78 Å². The van der Waals surface area contributed by atoms with Crippen LogP contribution in [0, 0.1) is 0 Å². The number of aromatic nitrogens is 1. The van der Waals surface area contributed by atoms with Crippen LogP contribution in [-0.4, -0.2) is 67.8 Å². The van der Waals surface area contributed by atoms with Crippen molar-refractivity contribution in [2.75, 3.05) is 56.6 Å². The van der Waals surface area contributed by atoms with Crippen molar-refractivity contribution in [2.24, 2.45) is 0 Å². The van der Waals surface area contributed by atoms with Crippen LogP contribution >= 0.6 is 0 Å². The number of carbonyl (C=O) groups is 2. The van der Waals surface area contributed by atoms with Crippen molar-refractivity contribution >= 4 is 23.3 Å². The number of benzene rings is 1. The lowest BCUT2D eigenvalue weighted by Crippen LogP contribution is -2.39. The number of nitrogens with zero attached hydrogens (tertiary/aromatic N) is 2. The summed E-state index contributed by atoms with van der Waals surface area (Å²) in [5.74, 6) is -0.697. The number of esters is 1. The number of hydrogen-bond donors (Lipinski definition) is 2. The molecule has 1 aromatic heterocycles. The maximum atomic E-state index is 12.4. The Bertz CT molecular complexity index is 802. The molecule has 0 aliphatic carbocycles. The lowest BCUT2D eigenvalue weighted by atomic mass is 10.2. The minimum atomic E-state index is -0.385. The van der Waals surface area contributed by atoms with Gasteiger partial charge < -0.3 is 20.1 Å². The number of rotatable bonds is 8. The Morgan fingerprint density at radius 3 is 2.48 bits per heavy atom. The fraction of sp³-hybridized carbons (Fsp3) is 0.381. The van der Waals surface area contributed by atoms with Gasteiger partial charge in [-0.2, -0.15) is 0 Å². The van der Waals surface area contributed by atoms with Gasteiger partial charge in [-0.05, 0) is 43.3 Å². The monoisotopic (exact) mass is 398 g/mol. The third kappa shape index (κ3) is 6.27. The summed E-state index contributed by atoms with van der Waals surface area (Å²) in [6.45, 7) is 7.31. The van der Waals surface area contributed by atoms with Crippen molar-refractivity contribution in [2.45, 2.75) is 6.92 Å². The zero-order valence-corrected chi connectivity index (χ0v) is 16.5. The van der Waals surface area contributed by atoms with Gasteiger partial charge in [0.2, 0.25) is 0 Å². The van der Waals surface area contributed by atoms with Crippen molar-refractivity contribution in [1.82, 2.24) is 9.88 Å². The molecule has 1 amide bonds. The minimum absolute atomic E-state index is 0.311. The fourth-order valence-corrected chi connectivity index (χ4v) is 2.92. The number of pyridine rings is 1. The number of amides is 1. The van der Waals surface area contributed by atoms with E-state index < -0.39 is 0 Å². The molecule has 2 heterocycles. The summed E-state index contributed by atoms with van der Waals surface area (Å²) in [7, 11) is 0. The van der Waals surface area contributed by atoms with Crippen molar-refractivity contribution in [3.8, 4) is 0 Å². The first-order valence-electron chi connectivity index (χ1n) is 9.74. The maximum Gasteiger partial charge on any atom is 0.338 e. The van der Waals surface area contributed by atoms with Gasteiger partial charge >= 0.3 is 5.97 Å². The molecule has 3 rings (SSSR count). The molecule has 8 heteroatoms. The smallest absolute Gasteiger partial charge is 0.338 e. The molecular weight excluding hydrogens is 372 g/mol. The van der Waals surface area contributed by atoms with Crippen LogP contribution in [0.15, 0.2) is 42.6 Å². The van der Waals surface area contributed by atoms with Crippen molar-refractivity contribution in [3.63, 3.8) is 0 Å². The van der Waals surface area contributed by atoms with Crippen molar-refractivity contribution < 1.29 is 19.1 Å². The van der Waals surface area contributed by atoms with Crippen molar-refractivity contribution in [1.29, 1.82) is 0 Å². The van der Waals surface area contributed by atoms with Crippen LogP contribution in [0.4, 0.5) is 11.4 Å². The lowest BCUT2D eigenvalue weighted by Gasteiger charge is -2.26. The van der Waals surface area contributed by atoms with Crippen LogP contribution in [0.2, 0.25) is 0 Å². The molecule has 1 aromatic carbocycles. The largest absolute Gasteiger partial charge is 0.462 e. The molecule has 0 saturated carbocycles. The Morgan fingerprint density at radius 1 is 1.10 bits per heavy atom. The van der Waals surface area contributed by atoms with E-state index in [9.17, 15) is 9.59 Å². The number of morpholine rings is 1. The number of ether oxygens (including phenoxy) is 2. The summed E-state index contributed by atoms with van der Waals surface area (Å²) >= 11 is 0. The lowest BCUT2D eigenvalue weighted by molar-refractivity contribution is 0.0398. The first-order chi connectivity index (χ1) is 14.2. The molecule has 29 heavy (non-hydrogen) atoms. The first kappa shape index (κ1) is 20.8. The average molecular weight is 398 g/mol. The summed E-state index contributed by atoms with van der Waals surface area (Å²) in [6, 6.07) is 10.1. The van der Waals surface area contributed by atoms with Crippen LogP contribution in [0.25, 0.3) is 0 Å². The van der Waals surface area contributed by atoms with Crippen LogP contribution in [0.1, 0.15) is 27.8 Å². The van der Waals surface area contributed by atoms with Crippen LogP contribution in [-0.2, 0) is 9.47 Å². The van der Waals surface area contributed by atoms with Gasteiger partial charge in [0, 0.05) is 31.9 Å². The van der Waals surface area contributed by atoms with E-state index in [0.717, 1.165) is 45.1 Å². The highest BCUT2D eigenvalue weighted by molar-refractivity contribution is 6.03. The highest BCUT2D eigenvalue weighted by Crippen LogP contribution is 2.13. The fourth-order valence-electron chi connectivity index (χ4n) is 2.92. The molecule has 0 atom stereocenters. The average Bonchev–Trinajstić information content (AvgIpc) is 2.75. The second kappa shape index (κ2) is 10.5. The Balaban J connectivity index is 1.47. The molecule has 2 aromatic rings. The van der Waals surface area contributed by atoms with E-state index in [0.29, 0.717) is 23.6 Å². The molecular formula is C21H26N4O4. The second-order valence-corrected chi connectivity index (χ2v) is 6.56. The Morgan fingerprint density at radius 2 is 1.83 bits per heavy atom. The third-order valence-electron chi connectivity index (χ3n) is 4.51. The second-order valence-electron chi connectivity index (χ2n) is 6.56. The topological polar surface area (TPSA) is 92.8 Å². The minimum Gasteiger partial charge on any atom is -0.462 e. The highest BCUT2D eigenvalue weighted by Gasteiger charge is 2.11. The zero-order valence-electron chi connectivity index (χ0n) is 16.5. The first-order valence-corrected chi connectivity index (χ1v) is 9.74. The molecule has 0 unspecified atom stereocenters. The third-order valence-corrected chi connectivity index (χ3v) is 4.51. The van der Waals surface area contributed by atoms with E-state index in [1.165, 1.54) is 0 Å². The van der Waals surface area contributed by atoms with Crippen LogP contribution < -0.4 is 10.6 Å². The summed E-state index contributed by atoms with van der Waals surface area (Å²) in [6.07, 6.45) is 1.65. The molecule has 154 valence electrons. The Labute approximate surface area is 170 Å². The quantitative estimate of drug-likeness (QED) is 0.659. The van der Waals surface area contributed by atoms with E-state index in [2.05, 4.69) is 20.5 Å². The van der Waals surface area contributed by atoms with Gasteiger partial charge in [-0.1, -0.05) is 0 Å². The molecule has 1 fully saturated rings. The molecule has 1 aliphatic rings. The Kier molecular flexibility index (Phi) is 7.54. The van der Waals surface area contributed by atoms with E-state index >= 15 is 0 Å². The van der Waals surface area contributed by atoms with Gasteiger partial charge in [0.05, 0.1) is 37.3 Å². The van der Waals surface area contributed by atoms with Crippen LogP contribution in [0.5, 0.6) is 0 Å². The summed E-state index contributed by atoms with van der Waals surface area (Å²) < 4.78 is 10.3. The number of hydrogen-bond acceptors (Lipinski definition) is 7. The van der Waals surface area contributed by atoms with Gasteiger partial charge in [-0.15, -0.1) is 0 Å². The number of nitrogens with one attached hydrogen (secondary N) is 2. The van der Waals surface area contributed by atoms with Crippen LogP contribution in [0.3, 0.4) is 0 Å². The summed E-state index contributed by atoms with van der Waals surface area (Å²) in [4.78, 5) is 30.6. The van der Waals surface area contributed by atoms with Crippen molar-refractivity contribution in [3.05, 3.63) is 53.9 Å². The molecule has 1 saturated heterocycles. The maximum absolute atomic E-state index is 12.4. The highest BCUT2D eigenvalue weighted by atomic mass is 16.5. The molecule has 8 nitrogen and oxygen atoms in total.